The van der Waals surface area contributed by atoms with Crippen molar-refractivity contribution < 1.29 is 14.6 Å². The molecule has 18 heavy (non-hydrogen) atoms. The fraction of sp³-hybridized carbons (Fsp3) is 0.500. The predicted octanol–water partition coefficient (Wildman–Crippen LogP) is 1.79. The molecule has 1 aliphatic rings. The van der Waals surface area contributed by atoms with Crippen LogP contribution in [0.25, 0.3) is 0 Å². The predicted molar refractivity (Wildman–Crippen MR) is 68.5 cm³/mol. The van der Waals surface area contributed by atoms with Gasteiger partial charge in [0.05, 0.1) is 7.11 Å². The number of rotatable bonds is 2. The first-order valence-corrected chi connectivity index (χ1v) is 6.18. The number of hydrogen-bond acceptors (Lipinski definition) is 4. The van der Waals surface area contributed by atoms with Crippen molar-refractivity contribution in [3.05, 3.63) is 29.8 Å². The number of phenols is 1. The van der Waals surface area contributed by atoms with Gasteiger partial charge in [-0.15, -0.1) is 0 Å². The molecule has 0 amide bonds. The fourth-order valence-electron chi connectivity index (χ4n) is 2.67. The molecule has 2 unspecified atom stereocenters. The van der Waals surface area contributed by atoms with Gasteiger partial charge < -0.3 is 15.2 Å². The number of nitrogens with one attached hydrogen (secondary N) is 1. The van der Waals surface area contributed by atoms with Crippen molar-refractivity contribution in [2.75, 3.05) is 13.7 Å². The molecule has 0 spiro atoms. The zero-order valence-corrected chi connectivity index (χ0v) is 10.8. The summed E-state index contributed by atoms with van der Waals surface area (Å²) in [5.41, 5.74) is 0.245. The van der Waals surface area contributed by atoms with E-state index < -0.39 is 5.54 Å². The summed E-state index contributed by atoms with van der Waals surface area (Å²) in [7, 11) is 1.40. The summed E-state index contributed by atoms with van der Waals surface area (Å²) in [6.07, 6.45) is 1.54. The highest BCUT2D eigenvalue weighted by Crippen LogP contribution is 2.37. The third-order valence-electron chi connectivity index (χ3n) is 3.68. The number of methoxy groups -OCH3 is 1. The van der Waals surface area contributed by atoms with E-state index in [-0.39, 0.29) is 11.9 Å². The summed E-state index contributed by atoms with van der Waals surface area (Å²) in [5, 5.41) is 13.1. The molecule has 1 saturated heterocycles. The number of piperidine rings is 1. The monoisotopic (exact) mass is 249 g/mol. The summed E-state index contributed by atoms with van der Waals surface area (Å²) in [6, 6.07) is 7.32. The molecule has 4 nitrogen and oxygen atoms in total. The maximum atomic E-state index is 11.8. The molecule has 0 radical (unpaired) electrons. The summed E-state index contributed by atoms with van der Waals surface area (Å²) >= 11 is 0. The molecular formula is C14H19NO3. The van der Waals surface area contributed by atoms with Crippen LogP contribution in [0.15, 0.2) is 24.3 Å². The second-order valence-electron chi connectivity index (χ2n) is 5.00. The standard InChI is InChI=1S/C14H19NO3/c1-14(13(17)18-2)9-10(7-8-15-14)11-5-3-4-6-12(11)16/h3-6,10,15-16H,7-9H2,1-2H3. The number of carbonyl (C=O) groups is 1. The van der Waals surface area contributed by atoms with Crippen molar-refractivity contribution in [2.24, 2.45) is 0 Å². The molecule has 0 aromatic heterocycles. The Hall–Kier alpha value is -1.55. The number of para-hydroxylation sites is 1. The quantitative estimate of drug-likeness (QED) is 0.785. The summed E-state index contributed by atoms with van der Waals surface area (Å²) in [4.78, 5) is 11.8. The Kier molecular flexibility index (Phi) is 3.57. The van der Waals surface area contributed by atoms with Crippen LogP contribution in [-0.2, 0) is 9.53 Å². The highest BCUT2D eigenvalue weighted by atomic mass is 16.5. The Labute approximate surface area is 107 Å². The van der Waals surface area contributed by atoms with E-state index in [1.165, 1.54) is 7.11 Å². The van der Waals surface area contributed by atoms with Gasteiger partial charge in [0.25, 0.3) is 0 Å². The number of ether oxygens (including phenoxy) is 1. The van der Waals surface area contributed by atoms with Gasteiger partial charge in [0.2, 0.25) is 0 Å². The molecule has 1 aromatic carbocycles. The molecule has 0 bridgehead atoms. The Morgan fingerprint density at radius 2 is 2.22 bits per heavy atom. The molecule has 1 aromatic rings. The van der Waals surface area contributed by atoms with E-state index in [4.69, 9.17) is 4.74 Å². The van der Waals surface area contributed by atoms with Gasteiger partial charge in [-0.2, -0.15) is 0 Å². The van der Waals surface area contributed by atoms with Crippen molar-refractivity contribution in [1.29, 1.82) is 0 Å². The number of esters is 1. The molecule has 2 atom stereocenters. The summed E-state index contributed by atoms with van der Waals surface area (Å²) < 4.78 is 4.84. The van der Waals surface area contributed by atoms with Crippen molar-refractivity contribution in [1.82, 2.24) is 5.32 Å². The first-order valence-electron chi connectivity index (χ1n) is 6.18. The van der Waals surface area contributed by atoms with Gasteiger partial charge in [-0.25, -0.2) is 0 Å². The second-order valence-corrected chi connectivity index (χ2v) is 5.00. The van der Waals surface area contributed by atoms with E-state index in [2.05, 4.69) is 5.32 Å². The van der Waals surface area contributed by atoms with E-state index >= 15 is 0 Å². The minimum atomic E-state index is -0.667. The smallest absolute Gasteiger partial charge is 0.325 e. The minimum absolute atomic E-state index is 0.177. The average molecular weight is 249 g/mol. The lowest BCUT2D eigenvalue weighted by atomic mass is 9.79. The normalized spacial score (nSPS) is 27.8. The molecule has 2 rings (SSSR count). The molecule has 0 aliphatic carbocycles. The van der Waals surface area contributed by atoms with Crippen LogP contribution in [0.3, 0.4) is 0 Å². The molecule has 1 heterocycles. The molecule has 4 heteroatoms. The Morgan fingerprint density at radius 1 is 1.50 bits per heavy atom. The zero-order chi connectivity index (χ0) is 13.2. The van der Waals surface area contributed by atoms with Crippen molar-refractivity contribution in [2.45, 2.75) is 31.2 Å². The van der Waals surface area contributed by atoms with Crippen molar-refractivity contribution >= 4 is 5.97 Å². The summed E-state index contributed by atoms with van der Waals surface area (Å²) in [5.74, 6) is 0.232. The summed E-state index contributed by atoms with van der Waals surface area (Å²) in [6.45, 7) is 2.59. The molecule has 98 valence electrons. The lowest BCUT2D eigenvalue weighted by Crippen LogP contribution is -2.54. The van der Waals surface area contributed by atoms with Crippen LogP contribution in [0.2, 0.25) is 0 Å². The maximum Gasteiger partial charge on any atom is 0.325 e. The Bertz CT molecular complexity index is 446. The number of hydrogen-bond donors (Lipinski definition) is 2. The number of phenolic OH excluding ortho intramolecular Hbond substituents is 1. The first-order chi connectivity index (χ1) is 8.57. The minimum Gasteiger partial charge on any atom is -0.508 e. The lowest BCUT2D eigenvalue weighted by Gasteiger charge is -2.37. The number of aromatic hydroxyl groups is 1. The zero-order valence-electron chi connectivity index (χ0n) is 10.8. The van der Waals surface area contributed by atoms with E-state index in [0.717, 1.165) is 18.5 Å². The SMILES string of the molecule is COC(=O)C1(C)CC(c2ccccc2O)CCN1. The lowest BCUT2D eigenvalue weighted by molar-refractivity contribution is -0.149. The van der Waals surface area contributed by atoms with Gasteiger partial charge in [0.1, 0.15) is 11.3 Å². The van der Waals surface area contributed by atoms with Gasteiger partial charge in [-0.05, 0) is 43.9 Å². The molecule has 0 saturated carbocycles. The van der Waals surface area contributed by atoms with Crippen LogP contribution >= 0.6 is 0 Å². The Morgan fingerprint density at radius 3 is 2.89 bits per heavy atom. The fourth-order valence-corrected chi connectivity index (χ4v) is 2.67. The maximum absolute atomic E-state index is 11.8. The average Bonchev–Trinajstić information content (AvgIpc) is 2.38. The van der Waals surface area contributed by atoms with E-state index in [1.54, 1.807) is 12.1 Å². The third kappa shape index (κ3) is 2.34. The van der Waals surface area contributed by atoms with Crippen LogP contribution < -0.4 is 5.32 Å². The van der Waals surface area contributed by atoms with Crippen LogP contribution in [-0.4, -0.2) is 30.3 Å². The van der Waals surface area contributed by atoms with Gasteiger partial charge in [0.15, 0.2) is 0 Å². The van der Waals surface area contributed by atoms with Crippen LogP contribution in [0.5, 0.6) is 5.75 Å². The third-order valence-corrected chi connectivity index (χ3v) is 3.68. The van der Waals surface area contributed by atoms with Gasteiger partial charge in [-0.3, -0.25) is 4.79 Å². The van der Waals surface area contributed by atoms with Crippen LogP contribution in [0.4, 0.5) is 0 Å². The Balaban J connectivity index is 2.22. The topological polar surface area (TPSA) is 58.6 Å². The van der Waals surface area contributed by atoms with Gasteiger partial charge in [-0.1, -0.05) is 18.2 Å². The van der Waals surface area contributed by atoms with Gasteiger partial charge >= 0.3 is 5.97 Å². The highest BCUT2D eigenvalue weighted by molar-refractivity contribution is 5.80. The number of carbonyl (C=O) groups excluding carboxylic acids is 1. The van der Waals surface area contributed by atoms with Crippen molar-refractivity contribution in [3.63, 3.8) is 0 Å². The number of benzene rings is 1. The van der Waals surface area contributed by atoms with Crippen molar-refractivity contribution in [3.8, 4) is 5.75 Å². The molecular weight excluding hydrogens is 230 g/mol. The second kappa shape index (κ2) is 4.98. The first kappa shape index (κ1) is 12.9. The molecule has 1 fully saturated rings. The van der Waals surface area contributed by atoms with E-state index in [0.29, 0.717) is 12.2 Å². The highest BCUT2D eigenvalue weighted by Gasteiger charge is 2.40. The largest absolute Gasteiger partial charge is 0.508 e. The van der Waals surface area contributed by atoms with Crippen LogP contribution in [0, 0.1) is 0 Å². The van der Waals surface area contributed by atoms with Crippen LogP contribution in [0.1, 0.15) is 31.2 Å². The van der Waals surface area contributed by atoms with E-state index in [1.807, 2.05) is 19.1 Å². The van der Waals surface area contributed by atoms with Gasteiger partial charge in [0, 0.05) is 0 Å². The molecule has 1 aliphatic heterocycles. The van der Waals surface area contributed by atoms with E-state index in [9.17, 15) is 9.90 Å². The molecule has 2 N–H and O–H groups in total.